The zero-order valence-corrected chi connectivity index (χ0v) is 17.0. The molecule has 160 valence electrons. The van der Waals surface area contributed by atoms with Crippen LogP contribution in [-0.2, 0) is 9.53 Å². The minimum absolute atomic E-state index is 0.132. The van der Waals surface area contributed by atoms with E-state index in [1.165, 1.54) is 20.3 Å². The van der Waals surface area contributed by atoms with E-state index in [0.29, 0.717) is 29.2 Å². The van der Waals surface area contributed by atoms with Crippen molar-refractivity contribution in [3.05, 3.63) is 47.5 Å². The van der Waals surface area contributed by atoms with Crippen LogP contribution in [0, 0.1) is 0 Å². The Balaban J connectivity index is 1.93. The second-order valence-electron chi connectivity index (χ2n) is 6.44. The predicted molar refractivity (Wildman–Crippen MR) is 108 cm³/mol. The maximum Gasteiger partial charge on any atom is 0.330 e. The van der Waals surface area contributed by atoms with Gasteiger partial charge in [0.25, 0.3) is 0 Å². The SMILES string of the molecule is CCOC(=O)/C=C/c1ccc2c(c1)O[C@H](c1cc(OC)c(O)c(OC)c1)[C@@H](CO)O2. The zero-order chi connectivity index (χ0) is 21.7. The summed E-state index contributed by atoms with van der Waals surface area (Å²) >= 11 is 0. The summed E-state index contributed by atoms with van der Waals surface area (Å²) in [5.74, 6) is 0.767. The van der Waals surface area contributed by atoms with Crippen molar-refractivity contribution < 1.29 is 38.7 Å². The van der Waals surface area contributed by atoms with Crippen molar-refractivity contribution in [3.8, 4) is 28.7 Å². The quantitative estimate of drug-likeness (QED) is 0.525. The summed E-state index contributed by atoms with van der Waals surface area (Å²) < 4.78 is 27.3. The fourth-order valence-corrected chi connectivity index (χ4v) is 3.10. The summed E-state index contributed by atoms with van der Waals surface area (Å²) in [5, 5.41) is 20.0. The average molecular weight is 416 g/mol. The van der Waals surface area contributed by atoms with Gasteiger partial charge in [0, 0.05) is 11.6 Å². The molecule has 30 heavy (non-hydrogen) atoms. The van der Waals surface area contributed by atoms with Crippen LogP contribution in [-0.4, -0.2) is 49.7 Å². The largest absolute Gasteiger partial charge is 0.502 e. The molecule has 0 aromatic heterocycles. The van der Waals surface area contributed by atoms with Gasteiger partial charge in [0.15, 0.2) is 35.2 Å². The third-order valence-electron chi connectivity index (χ3n) is 4.55. The number of hydrogen-bond donors (Lipinski definition) is 2. The van der Waals surface area contributed by atoms with E-state index in [1.54, 1.807) is 43.3 Å². The summed E-state index contributed by atoms with van der Waals surface area (Å²) in [6, 6.07) is 8.39. The maximum atomic E-state index is 11.5. The second kappa shape index (κ2) is 9.41. The molecule has 0 amide bonds. The van der Waals surface area contributed by atoms with Crippen LogP contribution in [0.1, 0.15) is 24.2 Å². The van der Waals surface area contributed by atoms with E-state index in [2.05, 4.69) is 0 Å². The van der Waals surface area contributed by atoms with Crippen LogP contribution in [0.3, 0.4) is 0 Å². The number of benzene rings is 2. The number of phenols is 1. The van der Waals surface area contributed by atoms with Gasteiger partial charge in [-0.25, -0.2) is 4.79 Å². The molecular weight excluding hydrogens is 392 g/mol. The Morgan fingerprint density at radius 1 is 1.10 bits per heavy atom. The first kappa shape index (κ1) is 21.3. The average Bonchev–Trinajstić information content (AvgIpc) is 2.77. The Kier molecular flexibility index (Phi) is 6.68. The molecule has 0 bridgehead atoms. The molecule has 8 nitrogen and oxygen atoms in total. The molecule has 2 aromatic carbocycles. The van der Waals surface area contributed by atoms with E-state index >= 15 is 0 Å². The van der Waals surface area contributed by atoms with Crippen LogP contribution in [0.25, 0.3) is 6.08 Å². The molecule has 0 spiro atoms. The highest BCUT2D eigenvalue weighted by atomic mass is 16.6. The van der Waals surface area contributed by atoms with Gasteiger partial charge in [-0.1, -0.05) is 6.07 Å². The lowest BCUT2D eigenvalue weighted by atomic mass is 10.0. The van der Waals surface area contributed by atoms with Crippen molar-refractivity contribution in [1.82, 2.24) is 0 Å². The first-order valence-corrected chi connectivity index (χ1v) is 9.38. The highest BCUT2D eigenvalue weighted by Gasteiger charge is 2.34. The highest BCUT2D eigenvalue weighted by molar-refractivity contribution is 5.87. The molecule has 2 N–H and O–H groups in total. The number of aromatic hydroxyl groups is 1. The number of carbonyl (C=O) groups excluding carboxylic acids is 1. The van der Waals surface area contributed by atoms with Gasteiger partial charge in [0.2, 0.25) is 5.75 Å². The fraction of sp³-hybridized carbons (Fsp3) is 0.318. The first-order chi connectivity index (χ1) is 14.5. The minimum Gasteiger partial charge on any atom is -0.502 e. The van der Waals surface area contributed by atoms with Gasteiger partial charge in [0.1, 0.15) is 0 Å². The number of esters is 1. The van der Waals surface area contributed by atoms with Crippen molar-refractivity contribution in [3.63, 3.8) is 0 Å². The van der Waals surface area contributed by atoms with E-state index in [4.69, 9.17) is 23.7 Å². The molecule has 0 unspecified atom stereocenters. The lowest BCUT2D eigenvalue weighted by Crippen LogP contribution is -2.36. The molecule has 1 aliphatic heterocycles. The molecule has 0 saturated carbocycles. The Hall–Kier alpha value is -3.39. The number of aliphatic hydroxyl groups excluding tert-OH is 1. The molecule has 0 radical (unpaired) electrons. The van der Waals surface area contributed by atoms with Crippen LogP contribution >= 0.6 is 0 Å². The summed E-state index contributed by atoms with van der Waals surface area (Å²) in [6.07, 6.45) is 1.58. The number of fused-ring (bicyclic) bond motifs is 1. The Bertz CT molecular complexity index is 912. The summed E-state index contributed by atoms with van der Waals surface area (Å²) in [7, 11) is 2.86. The van der Waals surface area contributed by atoms with Crippen molar-refractivity contribution in [2.24, 2.45) is 0 Å². The van der Waals surface area contributed by atoms with Crippen molar-refractivity contribution in [2.75, 3.05) is 27.4 Å². The van der Waals surface area contributed by atoms with Gasteiger partial charge in [-0.15, -0.1) is 0 Å². The van der Waals surface area contributed by atoms with Crippen LogP contribution in [0.15, 0.2) is 36.4 Å². The summed E-state index contributed by atoms with van der Waals surface area (Å²) in [6.45, 7) is 1.75. The lowest BCUT2D eigenvalue weighted by Gasteiger charge is -2.33. The van der Waals surface area contributed by atoms with E-state index in [0.717, 1.165) is 0 Å². The number of hydrogen-bond acceptors (Lipinski definition) is 8. The third-order valence-corrected chi connectivity index (χ3v) is 4.55. The number of ether oxygens (including phenoxy) is 5. The monoisotopic (exact) mass is 416 g/mol. The topological polar surface area (TPSA) is 104 Å². The normalized spacial score (nSPS) is 17.6. The van der Waals surface area contributed by atoms with Crippen LogP contribution in [0.5, 0.6) is 28.7 Å². The van der Waals surface area contributed by atoms with E-state index < -0.39 is 18.2 Å². The number of methoxy groups -OCH3 is 2. The van der Waals surface area contributed by atoms with E-state index in [9.17, 15) is 15.0 Å². The molecule has 0 saturated heterocycles. The van der Waals surface area contributed by atoms with Crippen LogP contribution in [0.4, 0.5) is 0 Å². The van der Waals surface area contributed by atoms with E-state index in [-0.39, 0.29) is 23.9 Å². The van der Waals surface area contributed by atoms with Gasteiger partial charge in [0.05, 0.1) is 27.4 Å². The summed E-state index contributed by atoms with van der Waals surface area (Å²) in [4.78, 5) is 11.5. The molecule has 8 heteroatoms. The van der Waals surface area contributed by atoms with Gasteiger partial charge in [-0.2, -0.15) is 0 Å². The number of phenolic OH excluding ortho intramolecular Hbond substituents is 1. The molecule has 1 heterocycles. The van der Waals surface area contributed by atoms with Gasteiger partial charge in [-0.05, 0) is 42.8 Å². The van der Waals surface area contributed by atoms with Crippen molar-refractivity contribution in [1.29, 1.82) is 0 Å². The Morgan fingerprint density at radius 3 is 2.40 bits per heavy atom. The molecule has 0 aliphatic carbocycles. The van der Waals surface area contributed by atoms with Gasteiger partial charge >= 0.3 is 5.97 Å². The number of rotatable bonds is 7. The Morgan fingerprint density at radius 2 is 1.80 bits per heavy atom. The molecule has 1 aliphatic rings. The van der Waals surface area contributed by atoms with Crippen LogP contribution < -0.4 is 18.9 Å². The first-order valence-electron chi connectivity index (χ1n) is 9.38. The minimum atomic E-state index is -0.685. The standard InChI is InChI=1S/C22H24O8/c1-4-28-20(24)8-6-13-5-7-15-16(9-13)30-22(19(12-23)29-15)14-10-17(26-2)21(25)18(11-14)27-3/h5-11,19,22-23,25H,4,12H2,1-3H3/b8-6+/t19-,22-/m1/s1. The molecule has 2 aromatic rings. The number of aliphatic hydroxyl groups is 1. The van der Waals surface area contributed by atoms with Crippen LogP contribution in [0.2, 0.25) is 0 Å². The molecule has 0 fully saturated rings. The smallest absolute Gasteiger partial charge is 0.330 e. The van der Waals surface area contributed by atoms with Crippen molar-refractivity contribution in [2.45, 2.75) is 19.1 Å². The summed E-state index contributed by atoms with van der Waals surface area (Å²) in [5.41, 5.74) is 1.31. The van der Waals surface area contributed by atoms with Gasteiger partial charge in [-0.3, -0.25) is 0 Å². The third kappa shape index (κ3) is 4.44. The van der Waals surface area contributed by atoms with Crippen molar-refractivity contribution >= 4 is 12.0 Å². The fourth-order valence-electron chi connectivity index (χ4n) is 3.10. The number of carbonyl (C=O) groups is 1. The molecule has 2 atom stereocenters. The van der Waals surface area contributed by atoms with E-state index in [1.807, 2.05) is 0 Å². The zero-order valence-electron chi connectivity index (χ0n) is 17.0. The Labute approximate surface area is 174 Å². The van der Waals surface area contributed by atoms with Gasteiger partial charge < -0.3 is 33.9 Å². The second-order valence-corrected chi connectivity index (χ2v) is 6.44. The molecule has 3 rings (SSSR count). The maximum absolute atomic E-state index is 11.5. The predicted octanol–water partition coefficient (Wildman–Crippen LogP) is 2.86. The molecular formula is C22H24O8. The highest BCUT2D eigenvalue weighted by Crippen LogP contribution is 2.44. The lowest BCUT2D eigenvalue weighted by molar-refractivity contribution is -0.137.